The van der Waals surface area contributed by atoms with E-state index in [1.807, 2.05) is 115 Å². The lowest BCUT2D eigenvalue weighted by Gasteiger charge is -2.12. The van der Waals surface area contributed by atoms with Gasteiger partial charge in [0.25, 0.3) is 0 Å². The summed E-state index contributed by atoms with van der Waals surface area (Å²) < 4.78 is 13.3. The molecule has 0 spiro atoms. The molecule has 0 radical (unpaired) electrons. The SMILES string of the molecule is c1ccc(-c2nc(-c3ccccc3)nc(-c3ccccc3-c3cccc4c3oc3ccc5ccc6nc(-c7ccccc7)oc6c5c34)n2)cc1. The van der Waals surface area contributed by atoms with Gasteiger partial charge in [-0.3, -0.25) is 0 Å². The first kappa shape index (κ1) is 28.1. The predicted molar refractivity (Wildman–Crippen MR) is 199 cm³/mol. The number of oxazole rings is 1. The van der Waals surface area contributed by atoms with E-state index in [2.05, 4.69) is 42.5 Å². The zero-order valence-corrected chi connectivity index (χ0v) is 26.6. The number of aromatic nitrogens is 4. The van der Waals surface area contributed by atoms with Gasteiger partial charge in [-0.15, -0.1) is 0 Å². The molecule has 50 heavy (non-hydrogen) atoms. The van der Waals surface area contributed by atoms with Crippen LogP contribution in [0.15, 0.2) is 167 Å². The van der Waals surface area contributed by atoms with Crippen LogP contribution in [0.1, 0.15) is 0 Å². The molecule has 3 aromatic heterocycles. The number of para-hydroxylation sites is 1. The maximum atomic E-state index is 6.75. The highest BCUT2D eigenvalue weighted by atomic mass is 16.3. The minimum Gasteiger partial charge on any atom is -0.455 e. The zero-order chi connectivity index (χ0) is 33.0. The quantitative estimate of drug-likeness (QED) is 0.186. The van der Waals surface area contributed by atoms with Crippen LogP contribution < -0.4 is 0 Å². The Balaban J connectivity index is 1.20. The lowest BCUT2D eigenvalue weighted by Crippen LogP contribution is -2.01. The smallest absolute Gasteiger partial charge is 0.227 e. The third kappa shape index (κ3) is 4.58. The molecule has 6 nitrogen and oxygen atoms in total. The molecule has 234 valence electrons. The number of hydrogen-bond acceptors (Lipinski definition) is 6. The average molecular weight is 643 g/mol. The summed E-state index contributed by atoms with van der Waals surface area (Å²) >= 11 is 0. The minimum atomic E-state index is 0.587. The molecule has 0 aliphatic rings. The summed E-state index contributed by atoms with van der Waals surface area (Å²) in [6, 6.07) is 52.8. The van der Waals surface area contributed by atoms with E-state index in [9.17, 15) is 0 Å². The van der Waals surface area contributed by atoms with Gasteiger partial charge in [0.1, 0.15) is 16.7 Å². The second-order valence-corrected chi connectivity index (χ2v) is 12.2. The molecule has 7 aromatic carbocycles. The van der Waals surface area contributed by atoms with Crippen molar-refractivity contribution < 1.29 is 8.83 Å². The van der Waals surface area contributed by atoms with Gasteiger partial charge < -0.3 is 8.83 Å². The van der Waals surface area contributed by atoms with Crippen LogP contribution in [-0.2, 0) is 0 Å². The van der Waals surface area contributed by atoms with Crippen molar-refractivity contribution in [1.82, 2.24) is 19.9 Å². The topological polar surface area (TPSA) is 77.8 Å². The van der Waals surface area contributed by atoms with Crippen molar-refractivity contribution in [1.29, 1.82) is 0 Å². The number of rotatable bonds is 5. The van der Waals surface area contributed by atoms with Crippen molar-refractivity contribution in [2.45, 2.75) is 0 Å². The van der Waals surface area contributed by atoms with Gasteiger partial charge in [0.15, 0.2) is 23.1 Å². The lowest BCUT2D eigenvalue weighted by atomic mass is 9.96. The van der Waals surface area contributed by atoms with Crippen molar-refractivity contribution in [3.63, 3.8) is 0 Å². The molecule has 10 rings (SSSR count). The second-order valence-electron chi connectivity index (χ2n) is 12.2. The van der Waals surface area contributed by atoms with Crippen LogP contribution >= 0.6 is 0 Å². The van der Waals surface area contributed by atoms with Gasteiger partial charge in [0.2, 0.25) is 5.89 Å². The molecule has 0 bridgehead atoms. The lowest BCUT2D eigenvalue weighted by molar-refractivity contribution is 0.623. The summed E-state index contributed by atoms with van der Waals surface area (Å²) in [6.45, 7) is 0. The fourth-order valence-electron chi connectivity index (χ4n) is 6.84. The fraction of sp³-hybridized carbons (Fsp3) is 0. The van der Waals surface area contributed by atoms with Crippen LogP contribution in [0.2, 0.25) is 0 Å². The first-order valence-corrected chi connectivity index (χ1v) is 16.5. The van der Waals surface area contributed by atoms with Gasteiger partial charge in [-0.25, -0.2) is 19.9 Å². The molecule has 0 aliphatic carbocycles. The molecule has 3 heterocycles. The Morgan fingerprint density at radius 1 is 0.360 bits per heavy atom. The van der Waals surface area contributed by atoms with E-state index < -0.39 is 0 Å². The zero-order valence-electron chi connectivity index (χ0n) is 26.6. The van der Waals surface area contributed by atoms with Gasteiger partial charge in [-0.2, -0.15) is 0 Å². The number of furan rings is 1. The predicted octanol–water partition coefficient (Wildman–Crippen LogP) is 11.4. The Kier molecular flexibility index (Phi) is 6.39. The van der Waals surface area contributed by atoms with Crippen LogP contribution in [0.3, 0.4) is 0 Å². The van der Waals surface area contributed by atoms with E-state index in [1.54, 1.807) is 0 Å². The number of benzene rings is 7. The Hall–Kier alpha value is -6.92. The van der Waals surface area contributed by atoms with E-state index in [1.165, 1.54) is 0 Å². The summed E-state index contributed by atoms with van der Waals surface area (Å²) in [5.74, 6) is 2.41. The second kappa shape index (κ2) is 11.4. The summed E-state index contributed by atoms with van der Waals surface area (Å²) in [6.07, 6.45) is 0. The van der Waals surface area contributed by atoms with Crippen LogP contribution in [0, 0.1) is 0 Å². The van der Waals surface area contributed by atoms with Crippen LogP contribution in [-0.4, -0.2) is 19.9 Å². The van der Waals surface area contributed by atoms with Crippen molar-refractivity contribution >= 4 is 43.8 Å². The minimum absolute atomic E-state index is 0.587. The molecular formula is C44H26N4O2. The third-order valence-electron chi connectivity index (χ3n) is 9.18. The van der Waals surface area contributed by atoms with Gasteiger partial charge in [0.05, 0.1) is 0 Å². The van der Waals surface area contributed by atoms with E-state index in [4.69, 9.17) is 28.8 Å². The van der Waals surface area contributed by atoms with Crippen molar-refractivity contribution in [2.75, 3.05) is 0 Å². The fourth-order valence-corrected chi connectivity index (χ4v) is 6.84. The van der Waals surface area contributed by atoms with E-state index in [0.29, 0.717) is 23.4 Å². The van der Waals surface area contributed by atoms with Gasteiger partial charge in [-0.05, 0) is 35.2 Å². The molecule has 0 fully saturated rings. The normalized spacial score (nSPS) is 11.6. The maximum Gasteiger partial charge on any atom is 0.227 e. The molecule has 0 saturated heterocycles. The molecule has 0 unspecified atom stereocenters. The van der Waals surface area contributed by atoms with Crippen molar-refractivity contribution in [3.8, 4) is 56.7 Å². The number of nitrogens with zero attached hydrogens (tertiary/aromatic N) is 4. The molecule has 10 aromatic rings. The van der Waals surface area contributed by atoms with E-state index in [-0.39, 0.29) is 0 Å². The first-order valence-electron chi connectivity index (χ1n) is 16.5. The Bertz CT molecular complexity index is 2800. The van der Waals surface area contributed by atoms with E-state index >= 15 is 0 Å². The number of hydrogen-bond donors (Lipinski definition) is 0. The monoisotopic (exact) mass is 642 g/mol. The molecule has 0 atom stereocenters. The first-order chi connectivity index (χ1) is 24.8. The standard InChI is InChI=1S/C44H26N4O2/c1-4-13-28(14-5-1)41-46-42(29-15-6-2-7-16-29)48-43(47-41)33-20-11-10-19-31(33)32-21-12-22-34-38-36(49-39(32)34)26-24-27-23-25-35-40(37(27)38)50-44(45-35)30-17-8-3-9-18-30/h1-26H. The maximum absolute atomic E-state index is 6.75. The Morgan fingerprint density at radius 3 is 1.64 bits per heavy atom. The summed E-state index contributed by atoms with van der Waals surface area (Å²) in [4.78, 5) is 19.8. The molecule has 0 aliphatic heterocycles. The highest BCUT2D eigenvalue weighted by Crippen LogP contribution is 2.43. The molecule has 0 saturated carbocycles. The van der Waals surface area contributed by atoms with Gasteiger partial charge >= 0.3 is 0 Å². The largest absolute Gasteiger partial charge is 0.455 e. The average Bonchev–Trinajstić information content (AvgIpc) is 3.81. The molecular weight excluding hydrogens is 617 g/mol. The molecule has 0 amide bonds. The summed E-state index contributed by atoms with van der Waals surface area (Å²) in [5, 5.41) is 4.03. The highest BCUT2D eigenvalue weighted by molar-refractivity contribution is 6.26. The highest BCUT2D eigenvalue weighted by Gasteiger charge is 2.21. The van der Waals surface area contributed by atoms with Gasteiger partial charge in [-0.1, -0.05) is 133 Å². The van der Waals surface area contributed by atoms with Crippen molar-refractivity contribution in [2.24, 2.45) is 0 Å². The summed E-state index contributed by atoms with van der Waals surface area (Å²) in [5.41, 5.74) is 8.67. The van der Waals surface area contributed by atoms with E-state index in [0.717, 1.165) is 77.2 Å². The molecule has 0 N–H and O–H groups in total. The van der Waals surface area contributed by atoms with Crippen LogP contribution in [0.25, 0.3) is 101 Å². The van der Waals surface area contributed by atoms with Crippen LogP contribution in [0.4, 0.5) is 0 Å². The number of fused-ring (bicyclic) bond motifs is 7. The molecule has 6 heteroatoms. The third-order valence-corrected chi connectivity index (χ3v) is 9.18. The van der Waals surface area contributed by atoms with Crippen molar-refractivity contribution in [3.05, 3.63) is 158 Å². The summed E-state index contributed by atoms with van der Waals surface area (Å²) in [7, 11) is 0. The Labute approximate surface area is 286 Å². The van der Waals surface area contributed by atoms with Crippen LogP contribution in [0.5, 0.6) is 0 Å². The van der Waals surface area contributed by atoms with Gasteiger partial charge in [0, 0.05) is 44.0 Å². The Morgan fingerprint density at radius 2 is 0.940 bits per heavy atom.